The number of aryl methyl sites for hydroxylation is 1. The first-order valence-electron chi connectivity index (χ1n) is 18.2. The van der Waals surface area contributed by atoms with E-state index < -0.39 is 19.5 Å². The maximum atomic E-state index is 13.9. The molecular formula is C39H45N4O7P. The lowest BCUT2D eigenvalue weighted by atomic mass is 9.53. The highest BCUT2D eigenvalue weighted by atomic mass is 31.2. The van der Waals surface area contributed by atoms with E-state index in [0.29, 0.717) is 68.8 Å². The number of phosphoric ester groups is 1. The van der Waals surface area contributed by atoms with E-state index in [4.69, 9.17) is 10.9 Å². The van der Waals surface area contributed by atoms with Crippen LogP contribution in [0.2, 0.25) is 0 Å². The van der Waals surface area contributed by atoms with Crippen LogP contribution in [0.15, 0.2) is 48.5 Å². The van der Waals surface area contributed by atoms with Crippen molar-refractivity contribution >= 4 is 36.2 Å². The van der Waals surface area contributed by atoms with Crippen molar-refractivity contribution < 1.29 is 33.6 Å². The van der Waals surface area contributed by atoms with Gasteiger partial charge in [0.05, 0.1) is 11.2 Å². The first-order chi connectivity index (χ1) is 24.4. The molecule has 4 fully saturated rings. The summed E-state index contributed by atoms with van der Waals surface area (Å²) in [5, 5.41) is 12.3. The van der Waals surface area contributed by atoms with Gasteiger partial charge in [-0.05, 0) is 105 Å². The van der Waals surface area contributed by atoms with Crippen LogP contribution in [0.1, 0.15) is 79.4 Å². The number of amides is 2. The average Bonchev–Trinajstić information content (AvgIpc) is 3.72. The van der Waals surface area contributed by atoms with Gasteiger partial charge in [0.15, 0.2) is 5.75 Å². The van der Waals surface area contributed by atoms with Crippen molar-refractivity contribution in [3.63, 3.8) is 0 Å². The lowest BCUT2D eigenvalue weighted by molar-refractivity contribution is -0.135. The molecule has 2 saturated heterocycles. The summed E-state index contributed by atoms with van der Waals surface area (Å²) >= 11 is 0. The molecule has 0 bridgehead atoms. The number of likely N-dealkylation sites (tertiary alicyclic amines) is 1. The number of nitrogens with zero attached hydrogens (tertiary/aromatic N) is 4. The highest BCUT2D eigenvalue weighted by Gasteiger charge is 2.61. The van der Waals surface area contributed by atoms with Gasteiger partial charge in [0, 0.05) is 43.5 Å². The van der Waals surface area contributed by atoms with Crippen LogP contribution in [0.5, 0.6) is 5.75 Å². The Morgan fingerprint density at radius 3 is 2.55 bits per heavy atom. The van der Waals surface area contributed by atoms with Gasteiger partial charge in [-0.25, -0.2) is 9.55 Å². The molecule has 3 aromatic rings. The van der Waals surface area contributed by atoms with Gasteiger partial charge in [-0.15, -0.1) is 6.42 Å². The Morgan fingerprint density at radius 2 is 1.78 bits per heavy atom. The SMILES string of the molecule is C#C[C@]1(O)CC[C@H]2[C@@H]3CCc4cc(OP(=O)(O)O)c(N5CCN(C(=O)[C@@H]6CCCN6C(=O)c6ccc7ccccc7n6)CC5)cc4[C@H]3CC[C@@]21C. The molecule has 2 amide bonds. The smallest absolute Gasteiger partial charge is 0.402 e. The Bertz CT molecular complexity index is 1990. The lowest BCUT2D eigenvalue weighted by Gasteiger charge is -2.52. The summed E-state index contributed by atoms with van der Waals surface area (Å²) in [6.45, 7) is 4.33. The first-order valence-corrected chi connectivity index (χ1v) is 19.7. The predicted octanol–water partition coefficient (Wildman–Crippen LogP) is 4.88. The fourth-order valence-electron chi connectivity index (χ4n) is 10.3. The molecule has 2 saturated carbocycles. The second-order valence-corrected chi connectivity index (χ2v) is 16.5. The number of aromatic nitrogens is 1. The van der Waals surface area contributed by atoms with E-state index in [-0.39, 0.29) is 28.9 Å². The number of piperazine rings is 1. The third-order valence-electron chi connectivity index (χ3n) is 13.0. The van der Waals surface area contributed by atoms with E-state index in [1.165, 1.54) is 5.56 Å². The summed E-state index contributed by atoms with van der Waals surface area (Å²) in [7, 11) is -4.85. The minimum Gasteiger partial charge on any atom is -0.402 e. The van der Waals surface area contributed by atoms with Crippen LogP contribution in [0, 0.1) is 29.6 Å². The number of anilines is 1. The molecule has 0 unspecified atom stereocenters. The third kappa shape index (κ3) is 5.81. The maximum absolute atomic E-state index is 13.9. The number of hydrogen-bond acceptors (Lipinski definition) is 7. The third-order valence-corrected chi connectivity index (χ3v) is 13.4. The topological polar surface area (TPSA) is 144 Å². The molecule has 1 aromatic heterocycles. The molecule has 0 spiro atoms. The van der Waals surface area contributed by atoms with Crippen LogP contribution in [0.25, 0.3) is 10.9 Å². The van der Waals surface area contributed by atoms with Crippen LogP contribution >= 0.6 is 7.82 Å². The standard InChI is InChI=1S/C39H45N4O7P/c1-3-39(46)17-15-30-28-12-10-26-23-35(50-51(47,48)49)34(24-29(26)27(28)14-16-38(30,39)2)41-19-21-42(22-20-41)37(45)33-9-6-18-43(33)36(44)32-13-11-25-7-4-5-8-31(25)40-32/h1,4-5,7-8,11,13,23-24,27-28,30,33,46H,6,9-10,12,14-22H2,2H3,(H2,47,48,49)/t27-,28+,30-,33-,38-,39-/m0/s1. The summed E-state index contributed by atoms with van der Waals surface area (Å²) in [5.41, 5.74) is 2.47. The van der Waals surface area contributed by atoms with Crippen LogP contribution < -0.4 is 9.42 Å². The molecule has 51 heavy (non-hydrogen) atoms. The number of aliphatic hydroxyl groups is 1. The summed E-state index contributed by atoms with van der Waals surface area (Å²) < 4.78 is 17.5. The van der Waals surface area contributed by atoms with Gasteiger partial charge >= 0.3 is 7.82 Å². The fraction of sp³-hybridized carbons (Fsp3) is 0.513. The van der Waals surface area contributed by atoms with Crippen molar-refractivity contribution in [1.82, 2.24) is 14.8 Å². The zero-order valence-corrected chi connectivity index (χ0v) is 29.8. The van der Waals surface area contributed by atoms with Gasteiger partial charge < -0.3 is 24.3 Å². The van der Waals surface area contributed by atoms with E-state index >= 15 is 0 Å². The zero-order valence-electron chi connectivity index (χ0n) is 28.9. The largest absolute Gasteiger partial charge is 0.524 e. The van der Waals surface area contributed by atoms with Crippen molar-refractivity contribution in [2.45, 2.75) is 75.9 Å². The number of terminal acetylenes is 1. The molecule has 8 rings (SSSR count). The predicted molar refractivity (Wildman–Crippen MR) is 192 cm³/mol. The van der Waals surface area contributed by atoms with Crippen molar-refractivity contribution in [1.29, 1.82) is 0 Å². The summed E-state index contributed by atoms with van der Waals surface area (Å²) in [6.07, 6.45) is 12.1. The quantitative estimate of drug-likeness (QED) is 0.249. The minimum absolute atomic E-state index is 0.0880. The van der Waals surface area contributed by atoms with E-state index in [1.54, 1.807) is 21.9 Å². The molecule has 12 heteroatoms. The Hall–Kier alpha value is -3.94. The number of benzene rings is 2. The number of carbonyl (C=O) groups is 2. The molecule has 3 N–H and O–H groups in total. The molecular weight excluding hydrogens is 667 g/mol. The van der Waals surface area contributed by atoms with E-state index in [1.807, 2.05) is 30.3 Å². The number of hydrogen-bond donors (Lipinski definition) is 3. The van der Waals surface area contributed by atoms with Crippen molar-refractivity contribution in [3.05, 3.63) is 65.4 Å². The summed E-state index contributed by atoms with van der Waals surface area (Å²) in [4.78, 5) is 57.4. The summed E-state index contributed by atoms with van der Waals surface area (Å²) in [6, 6.07) is 14.5. The Morgan fingerprint density at radius 1 is 1.00 bits per heavy atom. The summed E-state index contributed by atoms with van der Waals surface area (Å²) in [5.74, 6) is 3.46. The molecule has 11 nitrogen and oxygen atoms in total. The van der Waals surface area contributed by atoms with Gasteiger partial charge in [0.1, 0.15) is 17.3 Å². The Balaban J connectivity index is 1.00. The molecule has 6 atom stereocenters. The lowest BCUT2D eigenvalue weighted by Crippen LogP contribution is -2.54. The molecule has 3 aliphatic carbocycles. The van der Waals surface area contributed by atoms with Crippen LogP contribution in [-0.4, -0.2) is 85.9 Å². The molecule has 2 aliphatic heterocycles. The van der Waals surface area contributed by atoms with Crippen molar-refractivity contribution in [2.75, 3.05) is 37.6 Å². The number of pyridine rings is 1. The van der Waals surface area contributed by atoms with E-state index in [2.05, 4.69) is 28.8 Å². The van der Waals surface area contributed by atoms with Gasteiger partial charge in [0.25, 0.3) is 5.91 Å². The number of rotatable bonds is 5. The number of carbonyl (C=O) groups excluding carboxylic acids is 2. The molecule has 0 radical (unpaired) electrons. The average molecular weight is 713 g/mol. The Labute approximate surface area is 298 Å². The second kappa shape index (κ2) is 12.6. The monoisotopic (exact) mass is 712 g/mol. The molecule has 3 heterocycles. The number of fused-ring (bicyclic) bond motifs is 6. The molecule has 5 aliphatic rings. The second-order valence-electron chi connectivity index (χ2n) is 15.4. The van der Waals surface area contributed by atoms with Crippen molar-refractivity contribution in [2.24, 2.45) is 17.3 Å². The first kappa shape index (κ1) is 34.2. The van der Waals surface area contributed by atoms with Crippen molar-refractivity contribution in [3.8, 4) is 18.1 Å². The van der Waals surface area contributed by atoms with Gasteiger partial charge in [-0.1, -0.05) is 37.1 Å². The van der Waals surface area contributed by atoms with Gasteiger partial charge in [0.2, 0.25) is 5.91 Å². The zero-order chi connectivity index (χ0) is 35.7. The minimum atomic E-state index is -4.85. The highest BCUT2D eigenvalue weighted by molar-refractivity contribution is 7.46. The van der Waals surface area contributed by atoms with Gasteiger partial charge in [-0.2, -0.15) is 0 Å². The number of phosphoric acid groups is 1. The van der Waals surface area contributed by atoms with Crippen LogP contribution in [0.3, 0.4) is 0 Å². The molecule has 2 aromatic carbocycles. The highest BCUT2D eigenvalue weighted by Crippen LogP contribution is 2.64. The van der Waals surface area contributed by atoms with E-state index in [9.17, 15) is 29.0 Å². The Kier molecular flexibility index (Phi) is 8.46. The normalized spacial score (nSPS) is 30.4. The number of para-hydroxylation sites is 1. The van der Waals surface area contributed by atoms with Crippen LogP contribution in [0.4, 0.5) is 5.69 Å². The molecule has 268 valence electrons. The van der Waals surface area contributed by atoms with Crippen LogP contribution in [-0.2, 0) is 15.8 Å². The fourth-order valence-corrected chi connectivity index (χ4v) is 10.7. The van der Waals surface area contributed by atoms with E-state index in [0.717, 1.165) is 55.0 Å². The van der Waals surface area contributed by atoms with Gasteiger partial charge in [-0.3, -0.25) is 19.4 Å². The maximum Gasteiger partial charge on any atom is 0.524 e.